The van der Waals surface area contributed by atoms with Gasteiger partial charge >= 0.3 is 11.8 Å². The third-order valence-electron chi connectivity index (χ3n) is 5.00. The number of rotatable bonds is 5. The molecule has 0 fully saturated rings. The van der Waals surface area contributed by atoms with Gasteiger partial charge in [-0.2, -0.15) is 0 Å². The highest BCUT2D eigenvalue weighted by molar-refractivity contribution is 6.40. The summed E-state index contributed by atoms with van der Waals surface area (Å²) in [5.41, 5.74) is 4.01. The smallest absolute Gasteiger partial charge is 0.313 e. The third kappa shape index (κ3) is 4.93. The summed E-state index contributed by atoms with van der Waals surface area (Å²) in [5, 5.41) is 6.39. The second-order valence-corrected chi connectivity index (χ2v) is 7.31. The van der Waals surface area contributed by atoms with Crippen LogP contribution < -0.4 is 10.6 Å². The first-order valence-corrected chi connectivity index (χ1v) is 10.0. The van der Waals surface area contributed by atoms with E-state index in [0.717, 1.165) is 16.5 Å². The van der Waals surface area contributed by atoms with Crippen LogP contribution in [0.2, 0.25) is 0 Å². The van der Waals surface area contributed by atoms with Gasteiger partial charge in [0.1, 0.15) is 0 Å². The van der Waals surface area contributed by atoms with Gasteiger partial charge in [-0.1, -0.05) is 54.1 Å². The SMILES string of the molecule is Cc1ccc(C[C@H](NC(=O)C(=O)Nc2cccc3cccnc23)c2ccccn2)cc1. The van der Waals surface area contributed by atoms with Crippen LogP contribution >= 0.6 is 0 Å². The molecule has 2 heterocycles. The van der Waals surface area contributed by atoms with Crippen molar-refractivity contribution in [3.8, 4) is 0 Å². The minimum atomic E-state index is -0.747. The number of aryl methyl sites for hydroxylation is 1. The van der Waals surface area contributed by atoms with E-state index < -0.39 is 17.9 Å². The van der Waals surface area contributed by atoms with Crippen LogP contribution in [0.5, 0.6) is 0 Å². The zero-order valence-corrected chi connectivity index (χ0v) is 17.1. The lowest BCUT2D eigenvalue weighted by molar-refractivity contribution is -0.136. The molecule has 6 heteroatoms. The van der Waals surface area contributed by atoms with E-state index in [2.05, 4.69) is 20.6 Å². The van der Waals surface area contributed by atoms with Crippen LogP contribution in [0.25, 0.3) is 10.9 Å². The van der Waals surface area contributed by atoms with E-state index in [1.807, 2.05) is 73.7 Å². The van der Waals surface area contributed by atoms with Crippen molar-refractivity contribution in [2.24, 2.45) is 0 Å². The quantitative estimate of drug-likeness (QED) is 0.488. The van der Waals surface area contributed by atoms with E-state index in [1.54, 1.807) is 18.5 Å². The Bertz CT molecular complexity index is 1200. The fourth-order valence-corrected chi connectivity index (χ4v) is 3.38. The number of pyridine rings is 2. The molecular formula is C25H22N4O2. The van der Waals surface area contributed by atoms with E-state index in [-0.39, 0.29) is 0 Å². The van der Waals surface area contributed by atoms with Gasteiger partial charge in [-0.25, -0.2) is 0 Å². The highest BCUT2D eigenvalue weighted by Gasteiger charge is 2.22. The maximum absolute atomic E-state index is 12.7. The number of nitrogens with zero attached hydrogens (tertiary/aromatic N) is 2. The predicted molar refractivity (Wildman–Crippen MR) is 120 cm³/mol. The first-order chi connectivity index (χ1) is 15.1. The van der Waals surface area contributed by atoms with Crippen LogP contribution in [0.4, 0.5) is 5.69 Å². The van der Waals surface area contributed by atoms with Gasteiger partial charge in [0, 0.05) is 17.8 Å². The van der Waals surface area contributed by atoms with Gasteiger partial charge in [-0.15, -0.1) is 0 Å². The van der Waals surface area contributed by atoms with Crippen LogP contribution in [-0.4, -0.2) is 21.8 Å². The van der Waals surface area contributed by atoms with Crippen LogP contribution in [0, 0.1) is 6.92 Å². The van der Waals surface area contributed by atoms with Crippen LogP contribution in [0.15, 0.2) is 85.2 Å². The largest absolute Gasteiger partial charge is 0.339 e. The Morgan fingerprint density at radius 3 is 2.39 bits per heavy atom. The zero-order chi connectivity index (χ0) is 21.6. The first-order valence-electron chi connectivity index (χ1n) is 10.0. The molecule has 0 saturated carbocycles. The van der Waals surface area contributed by atoms with Crippen molar-refractivity contribution < 1.29 is 9.59 Å². The van der Waals surface area contributed by atoms with E-state index >= 15 is 0 Å². The molecular weight excluding hydrogens is 388 g/mol. The average molecular weight is 410 g/mol. The summed E-state index contributed by atoms with van der Waals surface area (Å²) in [6.45, 7) is 2.02. The Hall–Kier alpha value is -4.06. The Morgan fingerprint density at radius 1 is 0.839 bits per heavy atom. The predicted octanol–water partition coefficient (Wildman–Crippen LogP) is 3.98. The fraction of sp³-hybridized carbons (Fsp3) is 0.120. The van der Waals surface area contributed by atoms with Crippen molar-refractivity contribution in [3.63, 3.8) is 0 Å². The van der Waals surface area contributed by atoms with Crippen molar-refractivity contribution >= 4 is 28.4 Å². The minimum absolute atomic E-state index is 0.437. The summed E-state index contributed by atoms with van der Waals surface area (Å²) in [6.07, 6.45) is 3.84. The molecule has 154 valence electrons. The van der Waals surface area contributed by atoms with E-state index in [0.29, 0.717) is 23.3 Å². The molecule has 0 aliphatic heterocycles. The number of benzene rings is 2. The number of hydrogen-bond donors (Lipinski definition) is 2. The normalized spacial score (nSPS) is 11.6. The second kappa shape index (κ2) is 9.17. The molecule has 4 aromatic rings. The number of para-hydroxylation sites is 1. The van der Waals surface area contributed by atoms with Gasteiger partial charge in [0.15, 0.2) is 0 Å². The molecule has 0 aliphatic carbocycles. The van der Waals surface area contributed by atoms with Gasteiger partial charge in [-0.05, 0) is 43.2 Å². The number of hydrogen-bond acceptors (Lipinski definition) is 4. The standard InChI is InChI=1S/C25H22N4O2/c1-17-10-12-18(13-11-17)16-22(20-8-2-3-14-26-20)29-25(31)24(30)28-21-9-4-6-19-7-5-15-27-23(19)21/h2-15,22H,16H2,1H3,(H,28,30)(H,29,31)/t22-/m0/s1. The molecule has 0 bridgehead atoms. The van der Waals surface area contributed by atoms with Crippen molar-refractivity contribution in [1.82, 2.24) is 15.3 Å². The number of carbonyl (C=O) groups excluding carboxylic acids is 2. The molecule has 2 amide bonds. The number of fused-ring (bicyclic) bond motifs is 1. The molecule has 4 rings (SSSR count). The molecule has 0 unspecified atom stereocenters. The van der Waals surface area contributed by atoms with Crippen molar-refractivity contribution in [1.29, 1.82) is 0 Å². The lowest BCUT2D eigenvalue weighted by Gasteiger charge is -2.18. The average Bonchev–Trinajstić information content (AvgIpc) is 2.81. The molecule has 0 saturated heterocycles. The zero-order valence-electron chi connectivity index (χ0n) is 17.1. The summed E-state index contributed by atoms with van der Waals surface area (Å²) < 4.78 is 0. The molecule has 31 heavy (non-hydrogen) atoms. The van der Waals surface area contributed by atoms with Crippen LogP contribution in [-0.2, 0) is 16.0 Å². The Balaban J connectivity index is 1.52. The molecule has 0 spiro atoms. The molecule has 2 aromatic heterocycles. The maximum Gasteiger partial charge on any atom is 0.313 e. The van der Waals surface area contributed by atoms with E-state index in [4.69, 9.17) is 0 Å². The number of carbonyl (C=O) groups is 2. The van der Waals surface area contributed by atoms with E-state index in [1.165, 1.54) is 0 Å². The first kappa shape index (κ1) is 20.2. The minimum Gasteiger partial charge on any atom is -0.339 e. The molecule has 1 atom stereocenters. The second-order valence-electron chi connectivity index (χ2n) is 7.31. The third-order valence-corrected chi connectivity index (χ3v) is 5.00. The Labute approximate surface area is 180 Å². The van der Waals surface area contributed by atoms with Gasteiger partial charge in [-0.3, -0.25) is 19.6 Å². The number of amides is 2. The summed E-state index contributed by atoms with van der Waals surface area (Å²) >= 11 is 0. The Kier molecular flexibility index (Phi) is 5.98. The molecule has 0 radical (unpaired) electrons. The molecule has 6 nitrogen and oxygen atoms in total. The highest BCUT2D eigenvalue weighted by Crippen LogP contribution is 2.21. The molecule has 0 aliphatic rings. The number of nitrogens with one attached hydrogen (secondary N) is 2. The van der Waals surface area contributed by atoms with Crippen molar-refractivity contribution in [2.45, 2.75) is 19.4 Å². The van der Waals surface area contributed by atoms with Crippen molar-refractivity contribution in [2.75, 3.05) is 5.32 Å². The summed E-state index contributed by atoms with van der Waals surface area (Å²) in [7, 11) is 0. The lowest BCUT2D eigenvalue weighted by atomic mass is 10.0. The topological polar surface area (TPSA) is 84.0 Å². The van der Waals surface area contributed by atoms with Crippen LogP contribution in [0.3, 0.4) is 0 Å². The number of anilines is 1. The van der Waals surface area contributed by atoms with Crippen molar-refractivity contribution in [3.05, 3.63) is 102 Å². The number of aromatic nitrogens is 2. The summed E-state index contributed by atoms with van der Waals surface area (Å²) in [4.78, 5) is 34.1. The highest BCUT2D eigenvalue weighted by atomic mass is 16.2. The summed E-state index contributed by atoms with van der Waals surface area (Å²) in [5.74, 6) is -1.47. The summed E-state index contributed by atoms with van der Waals surface area (Å²) in [6, 6.07) is 22.3. The van der Waals surface area contributed by atoms with Gasteiger partial charge in [0.05, 0.1) is 22.9 Å². The Morgan fingerprint density at radius 2 is 1.61 bits per heavy atom. The monoisotopic (exact) mass is 410 g/mol. The van der Waals surface area contributed by atoms with Gasteiger partial charge in [0.25, 0.3) is 0 Å². The molecule has 2 aromatic carbocycles. The maximum atomic E-state index is 12.7. The van der Waals surface area contributed by atoms with E-state index in [9.17, 15) is 9.59 Å². The molecule has 2 N–H and O–H groups in total. The van der Waals surface area contributed by atoms with Gasteiger partial charge in [0.2, 0.25) is 0 Å². The fourth-order valence-electron chi connectivity index (χ4n) is 3.38. The van der Waals surface area contributed by atoms with Gasteiger partial charge < -0.3 is 10.6 Å². The lowest BCUT2D eigenvalue weighted by Crippen LogP contribution is -2.39. The van der Waals surface area contributed by atoms with Crippen LogP contribution in [0.1, 0.15) is 22.9 Å².